The van der Waals surface area contributed by atoms with Gasteiger partial charge in [0, 0.05) is 11.9 Å². The fourth-order valence-corrected chi connectivity index (χ4v) is 1.92. The number of benzene rings is 1. The summed E-state index contributed by atoms with van der Waals surface area (Å²) >= 11 is 0. The quantitative estimate of drug-likeness (QED) is 0.828. The Morgan fingerprint density at radius 1 is 1.11 bits per heavy atom. The molecule has 3 rings (SSSR count). The molecule has 0 unspecified atom stereocenters. The Kier molecular flexibility index (Phi) is 2.72. The molecular formula is C14H12N4O. The van der Waals surface area contributed by atoms with Crippen molar-refractivity contribution >= 4 is 23.0 Å². The van der Waals surface area contributed by atoms with Gasteiger partial charge in [-0.15, -0.1) is 0 Å². The maximum atomic E-state index is 12.0. The van der Waals surface area contributed by atoms with Crippen molar-refractivity contribution in [3.63, 3.8) is 0 Å². The van der Waals surface area contributed by atoms with E-state index in [0.29, 0.717) is 17.1 Å². The molecule has 0 atom stereocenters. The van der Waals surface area contributed by atoms with Crippen LogP contribution in [0.2, 0.25) is 0 Å². The summed E-state index contributed by atoms with van der Waals surface area (Å²) in [5, 5.41) is 5.73. The molecule has 0 saturated carbocycles. The Hall–Kier alpha value is -2.69. The van der Waals surface area contributed by atoms with E-state index in [-0.39, 0.29) is 12.3 Å². The molecule has 94 valence electrons. The molecule has 0 radical (unpaired) electrons. The summed E-state index contributed by atoms with van der Waals surface area (Å²) in [5.41, 5.74) is 8.41. The summed E-state index contributed by atoms with van der Waals surface area (Å²) in [6, 6.07) is 12.6. The zero-order valence-corrected chi connectivity index (χ0v) is 10.2. The second-order valence-electron chi connectivity index (χ2n) is 4.24. The molecule has 0 spiro atoms. The summed E-state index contributed by atoms with van der Waals surface area (Å²) in [6.45, 7) is 0. The molecule has 1 amide bonds. The van der Waals surface area contributed by atoms with E-state index >= 15 is 0 Å². The second-order valence-corrected chi connectivity index (χ2v) is 4.24. The zero-order chi connectivity index (χ0) is 13.2. The lowest BCUT2D eigenvalue weighted by molar-refractivity contribution is -0.116. The van der Waals surface area contributed by atoms with Gasteiger partial charge in [0.05, 0.1) is 23.5 Å². The fourth-order valence-electron chi connectivity index (χ4n) is 1.92. The first-order chi connectivity index (χ1) is 9.24. The van der Waals surface area contributed by atoms with Gasteiger partial charge in [-0.25, -0.2) is 5.01 Å². The van der Waals surface area contributed by atoms with Gasteiger partial charge in [-0.3, -0.25) is 9.78 Å². The van der Waals surface area contributed by atoms with Gasteiger partial charge in [-0.2, -0.15) is 5.10 Å². The van der Waals surface area contributed by atoms with Crippen molar-refractivity contribution < 1.29 is 4.79 Å². The van der Waals surface area contributed by atoms with Gasteiger partial charge in [0.15, 0.2) is 0 Å². The third kappa shape index (κ3) is 2.18. The van der Waals surface area contributed by atoms with E-state index in [2.05, 4.69) is 10.1 Å². The number of nitrogens with zero attached hydrogens (tertiary/aromatic N) is 3. The van der Waals surface area contributed by atoms with Crippen LogP contribution in [0.3, 0.4) is 0 Å². The van der Waals surface area contributed by atoms with E-state index < -0.39 is 0 Å². The SMILES string of the molecule is Nc1ccc(N2N=C(c3ccccn3)CC2=O)cc1. The lowest BCUT2D eigenvalue weighted by Crippen LogP contribution is -2.19. The lowest BCUT2D eigenvalue weighted by Gasteiger charge is -2.11. The molecule has 1 aromatic carbocycles. The van der Waals surface area contributed by atoms with Gasteiger partial charge in [-0.1, -0.05) is 6.07 Å². The third-order valence-corrected chi connectivity index (χ3v) is 2.87. The molecule has 0 fully saturated rings. The van der Waals surface area contributed by atoms with Crippen LogP contribution in [0.1, 0.15) is 12.1 Å². The highest BCUT2D eigenvalue weighted by atomic mass is 16.2. The van der Waals surface area contributed by atoms with Crippen LogP contribution in [-0.2, 0) is 4.79 Å². The lowest BCUT2D eigenvalue weighted by atomic mass is 10.2. The molecule has 1 aliphatic heterocycles. The molecule has 0 aliphatic carbocycles. The summed E-state index contributed by atoms with van der Waals surface area (Å²) < 4.78 is 0. The van der Waals surface area contributed by atoms with Crippen LogP contribution in [0.5, 0.6) is 0 Å². The number of hydrogen-bond acceptors (Lipinski definition) is 4. The smallest absolute Gasteiger partial charge is 0.253 e. The molecule has 0 bridgehead atoms. The largest absolute Gasteiger partial charge is 0.399 e. The van der Waals surface area contributed by atoms with Crippen LogP contribution < -0.4 is 10.7 Å². The Bertz CT molecular complexity index is 634. The predicted octanol–water partition coefficient (Wildman–Crippen LogP) is 1.80. The number of carbonyl (C=O) groups is 1. The van der Waals surface area contributed by atoms with Crippen molar-refractivity contribution in [3.05, 3.63) is 54.4 Å². The highest BCUT2D eigenvalue weighted by Gasteiger charge is 2.26. The van der Waals surface area contributed by atoms with Crippen molar-refractivity contribution in [1.82, 2.24) is 4.98 Å². The predicted molar refractivity (Wildman–Crippen MR) is 73.7 cm³/mol. The molecular weight excluding hydrogens is 240 g/mol. The summed E-state index contributed by atoms with van der Waals surface area (Å²) in [4.78, 5) is 16.2. The number of nitrogens with two attached hydrogens (primary N) is 1. The van der Waals surface area contributed by atoms with Gasteiger partial charge < -0.3 is 5.73 Å². The molecule has 2 N–H and O–H groups in total. The van der Waals surface area contributed by atoms with Gasteiger partial charge in [0.25, 0.3) is 5.91 Å². The van der Waals surface area contributed by atoms with Crippen molar-refractivity contribution in [2.45, 2.75) is 6.42 Å². The summed E-state index contributed by atoms with van der Waals surface area (Å²) in [5.74, 6) is -0.0644. The number of pyridine rings is 1. The highest BCUT2D eigenvalue weighted by Crippen LogP contribution is 2.23. The molecule has 0 saturated heterocycles. The molecule has 1 aliphatic rings. The first-order valence-electron chi connectivity index (χ1n) is 5.91. The average molecular weight is 252 g/mol. The number of anilines is 2. The number of rotatable bonds is 2. The van der Waals surface area contributed by atoms with Gasteiger partial charge in [0.1, 0.15) is 0 Å². The molecule has 19 heavy (non-hydrogen) atoms. The minimum absolute atomic E-state index is 0.0644. The van der Waals surface area contributed by atoms with Crippen molar-refractivity contribution in [1.29, 1.82) is 0 Å². The van der Waals surface area contributed by atoms with Crippen LogP contribution in [0.15, 0.2) is 53.8 Å². The van der Waals surface area contributed by atoms with Crippen molar-refractivity contribution in [3.8, 4) is 0 Å². The topological polar surface area (TPSA) is 71.6 Å². The summed E-state index contributed by atoms with van der Waals surface area (Å²) in [7, 11) is 0. The van der Waals surface area contributed by atoms with Crippen LogP contribution in [0, 0.1) is 0 Å². The van der Waals surface area contributed by atoms with E-state index in [4.69, 9.17) is 5.73 Å². The van der Waals surface area contributed by atoms with Crippen LogP contribution >= 0.6 is 0 Å². The molecule has 2 aromatic rings. The van der Waals surface area contributed by atoms with Crippen LogP contribution in [-0.4, -0.2) is 16.6 Å². The van der Waals surface area contributed by atoms with E-state index in [9.17, 15) is 4.79 Å². The molecule has 5 nitrogen and oxygen atoms in total. The maximum absolute atomic E-state index is 12.0. The van der Waals surface area contributed by atoms with E-state index in [1.807, 2.05) is 18.2 Å². The van der Waals surface area contributed by atoms with Crippen molar-refractivity contribution in [2.24, 2.45) is 5.10 Å². The Morgan fingerprint density at radius 3 is 2.58 bits per heavy atom. The number of carbonyl (C=O) groups excluding carboxylic acids is 1. The number of nitrogen functional groups attached to an aromatic ring is 1. The second kappa shape index (κ2) is 4.53. The number of amides is 1. The average Bonchev–Trinajstić information content (AvgIpc) is 2.83. The number of aromatic nitrogens is 1. The minimum Gasteiger partial charge on any atom is -0.399 e. The van der Waals surface area contributed by atoms with Crippen LogP contribution in [0.4, 0.5) is 11.4 Å². The molecule has 1 aromatic heterocycles. The van der Waals surface area contributed by atoms with E-state index in [1.54, 1.807) is 30.5 Å². The van der Waals surface area contributed by atoms with Crippen molar-refractivity contribution in [2.75, 3.05) is 10.7 Å². The molecule has 5 heteroatoms. The van der Waals surface area contributed by atoms with Gasteiger partial charge in [-0.05, 0) is 36.4 Å². The van der Waals surface area contributed by atoms with E-state index in [1.165, 1.54) is 5.01 Å². The standard InChI is InChI=1S/C14H12N4O/c15-10-4-6-11(7-5-10)18-14(19)9-13(17-18)12-3-1-2-8-16-12/h1-8H,9,15H2. The fraction of sp³-hybridized carbons (Fsp3) is 0.0714. The van der Waals surface area contributed by atoms with Gasteiger partial charge >= 0.3 is 0 Å². The molecule has 2 heterocycles. The van der Waals surface area contributed by atoms with Gasteiger partial charge in [0.2, 0.25) is 0 Å². The van der Waals surface area contributed by atoms with E-state index in [0.717, 1.165) is 5.69 Å². The highest BCUT2D eigenvalue weighted by molar-refractivity contribution is 6.18. The monoisotopic (exact) mass is 252 g/mol. The number of hydrazone groups is 1. The summed E-state index contributed by atoms with van der Waals surface area (Å²) in [6.07, 6.45) is 1.95. The first-order valence-corrected chi connectivity index (χ1v) is 5.91. The Morgan fingerprint density at radius 2 is 1.89 bits per heavy atom. The maximum Gasteiger partial charge on any atom is 0.253 e. The third-order valence-electron chi connectivity index (χ3n) is 2.87. The Balaban J connectivity index is 1.93. The number of hydrogen-bond donors (Lipinski definition) is 1. The Labute approximate surface area is 110 Å². The normalized spacial score (nSPS) is 14.6. The minimum atomic E-state index is -0.0644. The zero-order valence-electron chi connectivity index (χ0n) is 10.2. The van der Waals surface area contributed by atoms with Crippen LogP contribution in [0.25, 0.3) is 0 Å². The first kappa shape index (κ1) is 11.4.